The summed E-state index contributed by atoms with van der Waals surface area (Å²) in [6.07, 6.45) is 8.07. The monoisotopic (exact) mass is 306 g/mol. The standard InChI is InChI=1S/C16H26N4O2/c1-18-12-13(11-17-18)5-6-16(22)20-9-7-19(8-10-20)14-3-2-4-15(14)21/h11-12,14-15,21H,2-10H2,1H3/t14-,15-/m1/s1. The number of aryl methyl sites for hydroxylation is 2. The molecule has 1 aliphatic carbocycles. The number of aromatic nitrogens is 2. The Morgan fingerprint density at radius 3 is 2.68 bits per heavy atom. The predicted molar refractivity (Wildman–Crippen MR) is 83.3 cm³/mol. The summed E-state index contributed by atoms with van der Waals surface area (Å²) in [7, 11) is 1.89. The highest BCUT2D eigenvalue weighted by Gasteiger charge is 2.33. The molecule has 0 radical (unpaired) electrons. The highest BCUT2D eigenvalue weighted by molar-refractivity contribution is 5.76. The van der Waals surface area contributed by atoms with Gasteiger partial charge in [-0.15, -0.1) is 0 Å². The van der Waals surface area contributed by atoms with E-state index in [2.05, 4.69) is 10.00 Å². The lowest BCUT2D eigenvalue weighted by molar-refractivity contribution is -0.133. The minimum absolute atomic E-state index is 0.173. The molecule has 1 amide bonds. The van der Waals surface area contributed by atoms with Crippen LogP contribution in [0.5, 0.6) is 0 Å². The molecule has 1 aromatic rings. The van der Waals surface area contributed by atoms with Crippen LogP contribution in [0.15, 0.2) is 12.4 Å². The number of amides is 1. The summed E-state index contributed by atoms with van der Waals surface area (Å²) in [5.74, 6) is 0.232. The first-order valence-electron chi connectivity index (χ1n) is 8.31. The molecule has 1 saturated heterocycles. The van der Waals surface area contributed by atoms with Crippen LogP contribution in [-0.2, 0) is 18.3 Å². The Hall–Kier alpha value is -1.40. The van der Waals surface area contributed by atoms with E-state index < -0.39 is 0 Å². The summed E-state index contributed by atoms with van der Waals surface area (Å²) >= 11 is 0. The molecular formula is C16H26N4O2. The van der Waals surface area contributed by atoms with E-state index in [9.17, 15) is 9.90 Å². The molecule has 2 heterocycles. The van der Waals surface area contributed by atoms with E-state index in [1.165, 1.54) is 0 Å². The van der Waals surface area contributed by atoms with Crippen molar-refractivity contribution in [3.63, 3.8) is 0 Å². The normalized spacial score (nSPS) is 26.5. The first kappa shape index (κ1) is 15.5. The largest absolute Gasteiger partial charge is 0.391 e. The van der Waals surface area contributed by atoms with Crippen molar-refractivity contribution in [1.82, 2.24) is 19.6 Å². The molecule has 1 aliphatic heterocycles. The van der Waals surface area contributed by atoms with Crippen LogP contribution in [0.1, 0.15) is 31.2 Å². The fourth-order valence-corrected chi connectivity index (χ4v) is 3.66. The average Bonchev–Trinajstić information content (AvgIpc) is 3.13. The Morgan fingerprint density at radius 2 is 2.09 bits per heavy atom. The second-order valence-electron chi connectivity index (χ2n) is 6.50. The SMILES string of the molecule is Cn1cc(CCC(=O)N2CCN([C@@H]3CCC[C@H]3O)CC2)cn1. The minimum Gasteiger partial charge on any atom is -0.391 e. The molecule has 2 aliphatic rings. The Balaban J connectivity index is 1.43. The fraction of sp³-hybridized carbons (Fsp3) is 0.750. The fourth-order valence-electron chi connectivity index (χ4n) is 3.66. The Bertz CT molecular complexity index is 508. The molecule has 122 valence electrons. The van der Waals surface area contributed by atoms with Crippen molar-refractivity contribution in [2.45, 2.75) is 44.2 Å². The van der Waals surface area contributed by atoms with Crippen molar-refractivity contribution < 1.29 is 9.90 Å². The van der Waals surface area contributed by atoms with Crippen molar-refractivity contribution >= 4 is 5.91 Å². The number of nitrogens with zero attached hydrogens (tertiary/aromatic N) is 4. The van der Waals surface area contributed by atoms with Crippen molar-refractivity contribution in [1.29, 1.82) is 0 Å². The van der Waals surface area contributed by atoms with Crippen LogP contribution in [0, 0.1) is 0 Å². The number of carbonyl (C=O) groups excluding carboxylic acids is 1. The summed E-state index contributed by atoms with van der Waals surface area (Å²) in [4.78, 5) is 16.6. The van der Waals surface area contributed by atoms with E-state index in [1.54, 1.807) is 4.68 Å². The van der Waals surface area contributed by atoms with Crippen LogP contribution in [0.4, 0.5) is 0 Å². The third-order valence-electron chi connectivity index (χ3n) is 4.97. The van der Waals surface area contributed by atoms with E-state index in [1.807, 2.05) is 24.3 Å². The van der Waals surface area contributed by atoms with Gasteiger partial charge in [0.2, 0.25) is 5.91 Å². The maximum Gasteiger partial charge on any atom is 0.222 e. The second kappa shape index (κ2) is 6.79. The van der Waals surface area contributed by atoms with Gasteiger partial charge in [0, 0.05) is 51.9 Å². The zero-order chi connectivity index (χ0) is 15.5. The van der Waals surface area contributed by atoms with Crippen LogP contribution < -0.4 is 0 Å². The topological polar surface area (TPSA) is 61.6 Å². The van der Waals surface area contributed by atoms with Gasteiger partial charge < -0.3 is 10.0 Å². The van der Waals surface area contributed by atoms with Crippen LogP contribution in [0.25, 0.3) is 0 Å². The summed E-state index contributed by atoms with van der Waals surface area (Å²) in [5.41, 5.74) is 1.11. The first-order valence-corrected chi connectivity index (χ1v) is 8.31. The smallest absolute Gasteiger partial charge is 0.222 e. The quantitative estimate of drug-likeness (QED) is 0.875. The third-order valence-corrected chi connectivity index (χ3v) is 4.97. The van der Waals surface area contributed by atoms with Gasteiger partial charge in [-0.25, -0.2) is 0 Å². The molecule has 2 fully saturated rings. The van der Waals surface area contributed by atoms with Crippen molar-refractivity contribution in [3.05, 3.63) is 18.0 Å². The van der Waals surface area contributed by atoms with Gasteiger partial charge in [0.15, 0.2) is 0 Å². The van der Waals surface area contributed by atoms with Gasteiger partial charge in [0.05, 0.1) is 12.3 Å². The van der Waals surface area contributed by atoms with Crippen molar-refractivity contribution in [3.8, 4) is 0 Å². The molecule has 1 N–H and O–H groups in total. The lowest BCUT2D eigenvalue weighted by Crippen LogP contribution is -2.53. The number of carbonyl (C=O) groups is 1. The molecule has 0 unspecified atom stereocenters. The molecule has 6 nitrogen and oxygen atoms in total. The van der Waals surface area contributed by atoms with Gasteiger partial charge in [-0.05, 0) is 31.2 Å². The van der Waals surface area contributed by atoms with Crippen molar-refractivity contribution in [2.24, 2.45) is 7.05 Å². The van der Waals surface area contributed by atoms with Crippen LogP contribution >= 0.6 is 0 Å². The molecule has 6 heteroatoms. The number of hydrogen-bond acceptors (Lipinski definition) is 4. The zero-order valence-electron chi connectivity index (χ0n) is 13.3. The summed E-state index contributed by atoms with van der Waals surface area (Å²) in [5, 5.41) is 14.1. The molecule has 0 aromatic carbocycles. The molecule has 1 aromatic heterocycles. The van der Waals surface area contributed by atoms with E-state index in [4.69, 9.17) is 0 Å². The number of hydrogen-bond donors (Lipinski definition) is 1. The van der Waals surface area contributed by atoms with E-state index in [0.717, 1.165) is 57.4 Å². The van der Waals surface area contributed by atoms with Crippen LogP contribution in [0.2, 0.25) is 0 Å². The van der Waals surface area contributed by atoms with Crippen LogP contribution in [0.3, 0.4) is 0 Å². The molecule has 0 bridgehead atoms. The number of rotatable bonds is 4. The zero-order valence-corrected chi connectivity index (χ0v) is 13.3. The predicted octanol–water partition coefficient (Wildman–Crippen LogP) is 0.410. The Kier molecular flexibility index (Phi) is 4.78. The van der Waals surface area contributed by atoms with E-state index in [-0.39, 0.29) is 12.0 Å². The Labute approximate surface area is 131 Å². The summed E-state index contributed by atoms with van der Waals surface area (Å²) in [6.45, 7) is 3.35. The highest BCUT2D eigenvalue weighted by Crippen LogP contribution is 2.25. The van der Waals surface area contributed by atoms with Crippen molar-refractivity contribution in [2.75, 3.05) is 26.2 Å². The molecular weight excluding hydrogens is 280 g/mol. The van der Waals surface area contributed by atoms with E-state index >= 15 is 0 Å². The minimum atomic E-state index is -0.173. The molecule has 2 atom stereocenters. The summed E-state index contributed by atoms with van der Waals surface area (Å²) < 4.78 is 1.77. The lowest BCUT2D eigenvalue weighted by Gasteiger charge is -2.39. The Morgan fingerprint density at radius 1 is 1.32 bits per heavy atom. The highest BCUT2D eigenvalue weighted by atomic mass is 16.3. The molecule has 0 spiro atoms. The molecule has 22 heavy (non-hydrogen) atoms. The van der Waals surface area contributed by atoms with Gasteiger partial charge in [-0.3, -0.25) is 14.4 Å². The molecule has 1 saturated carbocycles. The van der Waals surface area contributed by atoms with Gasteiger partial charge in [-0.1, -0.05) is 0 Å². The molecule has 3 rings (SSSR count). The maximum atomic E-state index is 12.3. The van der Waals surface area contributed by atoms with Gasteiger partial charge in [0.1, 0.15) is 0 Å². The van der Waals surface area contributed by atoms with Gasteiger partial charge in [0.25, 0.3) is 0 Å². The maximum absolute atomic E-state index is 12.3. The van der Waals surface area contributed by atoms with Gasteiger partial charge in [-0.2, -0.15) is 5.10 Å². The third kappa shape index (κ3) is 3.50. The van der Waals surface area contributed by atoms with E-state index in [0.29, 0.717) is 12.5 Å². The van der Waals surface area contributed by atoms with Crippen LogP contribution in [-0.4, -0.2) is 68.9 Å². The number of aliphatic hydroxyl groups is 1. The second-order valence-corrected chi connectivity index (χ2v) is 6.50. The number of aliphatic hydroxyl groups excluding tert-OH is 1. The lowest BCUT2D eigenvalue weighted by atomic mass is 10.1. The van der Waals surface area contributed by atoms with Gasteiger partial charge >= 0.3 is 0 Å². The number of piperazine rings is 1. The summed E-state index contributed by atoms with van der Waals surface area (Å²) in [6, 6.07) is 0.313. The first-order chi connectivity index (χ1) is 10.6. The average molecular weight is 306 g/mol.